The van der Waals surface area contributed by atoms with Crippen LogP contribution in [0.2, 0.25) is 0 Å². The number of carbonyl (C=O) groups excluding carboxylic acids is 2. The molecule has 1 saturated heterocycles. The van der Waals surface area contributed by atoms with Crippen LogP contribution in [0.1, 0.15) is 116 Å². The van der Waals surface area contributed by atoms with Crippen molar-refractivity contribution < 1.29 is 14.3 Å². The van der Waals surface area contributed by atoms with Crippen molar-refractivity contribution in [2.24, 2.45) is 0 Å². The molecule has 0 saturated carbocycles. The quantitative estimate of drug-likeness (QED) is 0.400. The summed E-state index contributed by atoms with van der Waals surface area (Å²) in [5, 5.41) is 0. The molecule has 0 radical (unpaired) electrons. The molecule has 3 heteroatoms. The second kappa shape index (κ2) is 14.7. The summed E-state index contributed by atoms with van der Waals surface area (Å²) < 4.78 is 4.87. The summed E-state index contributed by atoms with van der Waals surface area (Å²) in [6, 6.07) is 0. The van der Waals surface area contributed by atoms with Crippen molar-refractivity contribution in [3.63, 3.8) is 0 Å². The Morgan fingerprint density at radius 3 is 0.870 bits per heavy atom. The zero-order valence-corrected chi connectivity index (χ0v) is 15.0. The highest BCUT2D eigenvalue weighted by Crippen LogP contribution is 2.15. The van der Waals surface area contributed by atoms with Gasteiger partial charge in [0.15, 0.2) is 0 Å². The van der Waals surface area contributed by atoms with Gasteiger partial charge in [0.2, 0.25) is 0 Å². The van der Waals surface area contributed by atoms with E-state index in [0.717, 1.165) is 25.7 Å². The number of carbonyl (C=O) groups is 2. The third-order valence-electron chi connectivity index (χ3n) is 4.74. The van der Waals surface area contributed by atoms with Crippen LogP contribution in [-0.4, -0.2) is 11.9 Å². The number of ether oxygens (including phenoxy) is 1. The molecule has 0 unspecified atom stereocenters. The van der Waals surface area contributed by atoms with Gasteiger partial charge in [-0.05, 0) is 12.8 Å². The monoisotopic (exact) mass is 324 g/mol. The molecule has 0 aliphatic carbocycles. The van der Waals surface area contributed by atoms with Gasteiger partial charge in [-0.15, -0.1) is 0 Å². The van der Waals surface area contributed by atoms with E-state index in [9.17, 15) is 9.59 Å². The lowest BCUT2D eigenvalue weighted by atomic mass is 10.0. The maximum atomic E-state index is 11.6. The molecular formula is C20H36O3. The van der Waals surface area contributed by atoms with Gasteiger partial charge in [0, 0.05) is 12.8 Å². The Morgan fingerprint density at radius 1 is 0.391 bits per heavy atom. The predicted molar refractivity (Wildman–Crippen MR) is 94.2 cm³/mol. The fourth-order valence-electron chi connectivity index (χ4n) is 3.24. The fraction of sp³-hybridized carbons (Fsp3) is 0.900. The first-order valence-electron chi connectivity index (χ1n) is 10.0. The van der Waals surface area contributed by atoms with Crippen LogP contribution in [-0.2, 0) is 14.3 Å². The van der Waals surface area contributed by atoms with Crippen molar-refractivity contribution in [1.29, 1.82) is 0 Å². The van der Waals surface area contributed by atoms with Crippen LogP contribution in [0.15, 0.2) is 0 Å². The Kier molecular flexibility index (Phi) is 12.9. The van der Waals surface area contributed by atoms with Crippen molar-refractivity contribution in [1.82, 2.24) is 0 Å². The zero-order valence-electron chi connectivity index (χ0n) is 15.0. The van der Waals surface area contributed by atoms with Gasteiger partial charge in [-0.1, -0.05) is 89.9 Å². The summed E-state index contributed by atoms with van der Waals surface area (Å²) in [7, 11) is 0. The maximum absolute atomic E-state index is 11.6. The van der Waals surface area contributed by atoms with Crippen molar-refractivity contribution in [3.05, 3.63) is 0 Å². The molecule has 0 aromatic carbocycles. The van der Waals surface area contributed by atoms with Gasteiger partial charge in [-0.25, -0.2) is 0 Å². The topological polar surface area (TPSA) is 43.4 Å². The van der Waals surface area contributed by atoms with Crippen LogP contribution in [0.3, 0.4) is 0 Å². The summed E-state index contributed by atoms with van der Waals surface area (Å²) >= 11 is 0. The minimum Gasteiger partial charge on any atom is -0.393 e. The zero-order chi connectivity index (χ0) is 16.6. The van der Waals surface area contributed by atoms with Gasteiger partial charge in [-0.3, -0.25) is 9.59 Å². The molecule has 1 aliphatic heterocycles. The highest BCUT2D eigenvalue weighted by Gasteiger charge is 2.09. The van der Waals surface area contributed by atoms with E-state index in [1.165, 1.54) is 77.0 Å². The molecule has 1 heterocycles. The molecule has 134 valence electrons. The standard InChI is InChI=1S/C20H36O3/c21-19-17-15-13-11-9-7-5-3-1-2-4-6-8-10-12-14-16-18-20(22)23-19/h1-18H2. The summed E-state index contributed by atoms with van der Waals surface area (Å²) in [5.41, 5.74) is 0. The Bertz CT molecular complexity index is 282. The van der Waals surface area contributed by atoms with E-state index in [-0.39, 0.29) is 11.9 Å². The van der Waals surface area contributed by atoms with E-state index >= 15 is 0 Å². The molecule has 0 spiro atoms. The highest BCUT2D eigenvalue weighted by molar-refractivity contribution is 5.85. The highest BCUT2D eigenvalue weighted by atomic mass is 16.6. The summed E-state index contributed by atoms with van der Waals surface area (Å²) in [6.07, 6.45) is 20.5. The largest absolute Gasteiger partial charge is 0.393 e. The van der Waals surface area contributed by atoms with Crippen LogP contribution < -0.4 is 0 Å². The summed E-state index contributed by atoms with van der Waals surface area (Å²) in [6.45, 7) is 0. The lowest BCUT2D eigenvalue weighted by Crippen LogP contribution is -2.11. The molecule has 0 bridgehead atoms. The average molecular weight is 325 g/mol. The number of hydrogen-bond donors (Lipinski definition) is 0. The third-order valence-corrected chi connectivity index (χ3v) is 4.74. The lowest BCUT2D eigenvalue weighted by molar-refractivity contribution is -0.159. The molecule has 0 amide bonds. The average Bonchev–Trinajstić information content (AvgIpc) is 2.53. The molecule has 0 aromatic heterocycles. The van der Waals surface area contributed by atoms with Gasteiger partial charge in [-0.2, -0.15) is 0 Å². The van der Waals surface area contributed by atoms with Gasteiger partial charge in [0.25, 0.3) is 0 Å². The van der Waals surface area contributed by atoms with E-state index < -0.39 is 0 Å². The van der Waals surface area contributed by atoms with Crippen LogP contribution >= 0.6 is 0 Å². The minimum absolute atomic E-state index is 0.333. The minimum atomic E-state index is -0.333. The smallest absolute Gasteiger partial charge is 0.313 e. The van der Waals surface area contributed by atoms with E-state index in [1.807, 2.05) is 0 Å². The molecule has 1 fully saturated rings. The number of esters is 2. The van der Waals surface area contributed by atoms with E-state index in [2.05, 4.69) is 0 Å². The molecular weight excluding hydrogens is 288 g/mol. The SMILES string of the molecule is O=C1CCCCCCCCCCCCCCCCCCC(=O)O1. The Morgan fingerprint density at radius 2 is 0.609 bits per heavy atom. The Hall–Kier alpha value is -0.860. The third kappa shape index (κ3) is 13.3. The first-order valence-corrected chi connectivity index (χ1v) is 10.0. The predicted octanol–water partition coefficient (Wildman–Crippen LogP) is 6.09. The van der Waals surface area contributed by atoms with Crippen LogP contribution in [0.5, 0.6) is 0 Å². The molecule has 0 N–H and O–H groups in total. The van der Waals surface area contributed by atoms with Gasteiger partial charge >= 0.3 is 11.9 Å². The number of cyclic esters (lactones) is 2. The molecule has 0 aromatic rings. The Balaban J connectivity index is 2.19. The van der Waals surface area contributed by atoms with Gasteiger partial charge in [0.1, 0.15) is 0 Å². The fourth-order valence-corrected chi connectivity index (χ4v) is 3.24. The van der Waals surface area contributed by atoms with Gasteiger partial charge < -0.3 is 4.74 Å². The number of hydrogen-bond acceptors (Lipinski definition) is 3. The second-order valence-electron chi connectivity index (χ2n) is 7.00. The Labute approximate surface area is 142 Å². The van der Waals surface area contributed by atoms with Crippen LogP contribution in [0.4, 0.5) is 0 Å². The molecule has 23 heavy (non-hydrogen) atoms. The normalized spacial score (nSPS) is 22.8. The first-order chi connectivity index (χ1) is 11.3. The van der Waals surface area contributed by atoms with E-state index in [1.54, 1.807) is 0 Å². The first kappa shape index (κ1) is 20.2. The number of rotatable bonds is 0. The summed E-state index contributed by atoms with van der Waals surface area (Å²) in [5.74, 6) is -0.665. The van der Waals surface area contributed by atoms with Crippen molar-refractivity contribution in [2.75, 3.05) is 0 Å². The second-order valence-corrected chi connectivity index (χ2v) is 7.00. The van der Waals surface area contributed by atoms with E-state index in [0.29, 0.717) is 12.8 Å². The summed E-state index contributed by atoms with van der Waals surface area (Å²) in [4.78, 5) is 23.1. The molecule has 1 aliphatic rings. The van der Waals surface area contributed by atoms with Crippen LogP contribution in [0, 0.1) is 0 Å². The lowest BCUT2D eigenvalue weighted by Gasteiger charge is -2.04. The van der Waals surface area contributed by atoms with Crippen molar-refractivity contribution >= 4 is 11.9 Å². The molecule has 0 atom stereocenters. The molecule has 3 nitrogen and oxygen atoms in total. The van der Waals surface area contributed by atoms with Gasteiger partial charge in [0.05, 0.1) is 0 Å². The van der Waals surface area contributed by atoms with Crippen LogP contribution in [0.25, 0.3) is 0 Å². The van der Waals surface area contributed by atoms with E-state index in [4.69, 9.17) is 4.74 Å². The maximum Gasteiger partial charge on any atom is 0.313 e. The molecule has 1 rings (SSSR count). The van der Waals surface area contributed by atoms with Crippen molar-refractivity contribution in [2.45, 2.75) is 116 Å². The van der Waals surface area contributed by atoms with Crippen molar-refractivity contribution in [3.8, 4) is 0 Å².